The molecule has 0 radical (unpaired) electrons. The fourth-order valence-corrected chi connectivity index (χ4v) is 1.66. The van der Waals surface area contributed by atoms with Crippen molar-refractivity contribution in [3.8, 4) is 11.4 Å². The van der Waals surface area contributed by atoms with Crippen LogP contribution in [0.2, 0.25) is 0 Å². The number of halogens is 1. The molecular weight excluding hydrogens is 239 g/mol. The van der Waals surface area contributed by atoms with Crippen LogP contribution in [0.25, 0.3) is 11.4 Å². The molecule has 0 atom stereocenters. The summed E-state index contributed by atoms with van der Waals surface area (Å²) in [7, 11) is 0. The Kier molecular flexibility index (Phi) is 3.05. The summed E-state index contributed by atoms with van der Waals surface area (Å²) >= 11 is 0. The summed E-state index contributed by atoms with van der Waals surface area (Å²) in [5.41, 5.74) is -0.0579. The second-order valence-electron chi connectivity index (χ2n) is 4.07. The molecule has 2 aromatic rings. The molecule has 1 aromatic heterocycles. The van der Waals surface area contributed by atoms with Crippen molar-refractivity contribution in [2.45, 2.75) is 19.9 Å². The molecule has 0 spiro atoms. The number of nitro benzene ring substituents is 1. The molecule has 18 heavy (non-hydrogen) atoms. The van der Waals surface area contributed by atoms with Gasteiger partial charge in [0.2, 0.25) is 0 Å². The number of aromatic nitrogens is 3. The van der Waals surface area contributed by atoms with E-state index in [2.05, 4.69) is 10.2 Å². The molecule has 0 amide bonds. The van der Waals surface area contributed by atoms with Crippen LogP contribution in [0.15, 0.2) is 24.5 Å². The average Bonchev–Trinajstić information content (AvgIpc) is 2.77. The number of hydrogen-bond donors (Lipinski definition) is 0. The minimum Gasteiger partial charge on any atom is -0.311 e. The van der Waals surface area contributed by atoms with E-state index < -0.39 is 10.7 Å². The Bertz CT molecular complexity index is 594. The third-order valence-electron chi connectivity index (χ3n) is 2.53. The van der Waals surface area contributed by atoms with Crippen LogP contribution in [-0.4, -0.2) is 19.7 Å². The summed E-state index contributed by atoms with van der Waals surface area (Å²) in [5.74, 6) is -0.259. The summed E-state index contributed by atoms with van der Waals surface area (Å²) < 4.78 is 14.9. The smallest absolute Gasteiger partial charge is 0.280 e. The SMILES string of the molecule is CC(C)n1cnnc1-c1cc(F)ccc1[N+](=O)[O-]. The second kappa shape index (κ2) is 4.52. The van der Waals surface area contributed by atoms with Crippen LogP contribution in [0.3, 0.4) is 0 Å². The van der Waals surface area contributed by atoms with Gasteiger partial charge in [-0.05, 0) is 26.0 Å². The maximum Gasteiger partial charge on any atom is 0.280 e. The molecule has 0 aliphatic carbocycles. The van der Waals surface area contributed by atoms with Gasteiger partial charge in [-0.15, -0.1) is 10.2 Å². The number of nitro groups is 1. The maximum atomic E-state index is 13.3. The average molecular weight is 250 g/mol. The third-order valence-corrected chi connectivity index (χ3v) is 2.53. The monoisotopic (exact) mass is 250 g/mol. The zero-order chi connectivity index (χ0) is 13.3. The molecule has 94 valence electrons. The lowest BCUT2D eigenvalue weighted by Crippen LogP contribution is -2.03. The van der Waals surface area contributed by atoms with Crippen LogP contribution < -0.4 is 0 Å². The van der Waals surface area contributed by atoms with E-state index in [1.807, 2.05) is 13.8 Å². The van der Waals surface area contributed by atoms with Crippen molar-refractivity contribution in [3.63, 3.8) is 0 Å². The fourth-order valence-electron chi connectivity index (χ4n) is 1.66. The topological polar surface area (TPSA) is 73.8 Å². The van der Waals surface area contributed by atoms with Gasteiger partial charge in [0.15, 0.2) is 5.82 Å². The van der Waals surface area contributed by atoms with Gasteiger partial charge in [-0.25, -0.2) is 4.39 Å². The molecule has 0 bridgehead atoms. The molecule has 0 fully saturated rings. The lowest BCUT2D eigenvalue weighted by Gasteiger charge is -2.10. The summed E-state index contributed by atoms with van der Waals surface area (Å²) in [6.07, 6.45) is 1.47. The van der Waals surface area contributed by atoms with E-state index in [1.165, 1.54) is 6.33 Å². The van der Waals surface area contributed by atoms with Crippen LogP contribution in [0.4, 0.5) is 10.1 Å². The van der Waals surface area contributed by atoms with Gasteiger partial charge in [0, 0.05) is 12.1 Å². The van der Waals surface area contributed by atoms with E-state index in [1.54, 1.807) is 4.57 Å². The van der Waals surface area contributed by atoms with Crippen molar-refractivity contribution >= 4 is 5.69 Å². The predicted molar refractivity (Wildman–Crippen MR) is 62.5 cm³/mol. The van der Waals surface area contributed by atoms with Crippen LogP contribution in [0.1, 0.15) is 19.9 Å². The molecular formula is C11H11FN4O2. The minimum atomic E-state index is -0.561. The molecule has 6 nitrogen and oxygen atoms in total. The molecule has 0 aliphatic rings. The van der Waals surface area contributed by atoms with Crippen LogP contribution >= 0.6 is 0 Å². The third kappa shape index (κ3) is 2.06. The standard InChI is InChI=1S/C11H11FN4O2/c1-7(2)15-6-13-14-11(15)9-5-8(12)3-4-10(9)16(17)18/h3-7H,1-2H3. The van der Waals surface area contributed by atoms with Crippen molar-refractivity contribution < 1.29 is 9.31 Å². The first-order valence-electron chi connectivity index (χ1n) is 5.34. The molecule has 2 rings (SSSR count). The van der Waals surface area contributed by atoms with Crippen molar-refractivity contribution in [1.82, 2.24) is 14.8 Å². The van der Waals surface area contributed by atoms with Gasteiger partial charge in [-0.3, -0.25) is 10.1 Å². The van der Waals surface area contributed by atoms with Gasteiger partial charge < -0.3 is 4.57 Å². The highest BCUT2D eigenvalue weighted by Gasteiger charge is 2.21. The highest BCUT2D eigenvalue weighted by atomic mass is 19.1. The van der Waals surface area contributed by atoms with Crippen molar-refractivity contribution in [2.24, 2.45) is 0 Å². The van der Waals surface area contributed by atoms with Gasteiger partial charge in [-0.2, -0.15) is 0 Å². The molecule has 7 heteroatoms. The molecule has 0 N–H and O–H groups in total. The Hall–Kier alpha value is -2.31. The van der Waals surface area contributed by atoms with Crippen molar-refractivity contribution in [3.05, 3.63) is 40.5 Å². The summed E-state index contributed by atoms with van der Waals surface area (Å²) in [5, 5.41) is 18.5. The summed E-state index contributed by atoms with van der Waals surface area (Å²) in [6.45, 7) is 3.77. The summed E-state index contributed by atoms with van der Waals surface area (Å²) in [4.78, 5) is 10.4. The number of rotatable bonds is 3. The highest BCUT2D eigenvalue weighted by Crippen LogP contribution is 2.30. The van der Waals surface area contributed by atoms with Gasteiger partial charge >= 0.3 is 0 Å². The van der Waals surface area contributed by atoms with Crippen LogP contribution in [0, 0.1) is 15.9 Å². The molecule has 0 saturated carbocycles. The first-order chi connectivity index (χ1) is 8.50. The lowest BCUT2D eigenvalue weighted by molar-refractivity contribution is -0.384. The summed E-state index contributed by atoms with van der Waals surface area (Å²) in [6, 6.07) is 3.31. The Morgan fingerprint density at radius 2 is 2.17 bits per heavy atom. The fraction of sp³-hybridized carbons (Fsp3) is 0.273. The van der Waals surface area contributed by atoms with E-state index in [0.717, 1.165) is 18.2 Å². The Balaban J connectivity index is 2.66. The number of benzene rings is 1. The molecule has 0 aliphatic heterocycles. The van der Waals surface area contributed by atoms with Gasteiger partial charge in [0.05, 0.1) is 10.5 Å². The van der Waals surface area contributed by atoms with Gasteiger partial charge in [-0.1, -0.05) is 0 Å². The maximum absolute atomic E-state index is 13.3. The zero-order valence-electron chi connectivity index (χ0n) is 9.87. The highest BCUT2D eigenvalue weighted by molar-refractivity contribution is 5.68. The quantitative estimate of drug-likeness (QED) is 0.619. The van der Waals surface area contributed by atoms with E-state index in [4.69, 9.17) is 0 Å². The normalized spacial score (nSPS) is 10.9. The Morgan fingerprint density at radius 3 is 2.78 bits per heavy atom. The molecule has 1 aromatic carbocycles. The first kappa shape index (κ1) is 12.2. The van der Waals surface area contributed by atoms with E-state index >= 15 is 0 Å². The van der Waals surface area contributed by atoms with Crippen molar-refractivity contribution in [2.75, 3.05) is 0 Å². The lowest BCUT2D eigenvalue weighted by atomic mass is 10.1. The van der Waals surface area contributed by atoms with Gasteiger partial charge in [0.25, 0.3) is 5.69 Å². The largest absolute Gasteiger partial charge is 0.311 e. The molecule has 1 heterocycles. The molecule has 0 saturated heterocycles. The number of hydrogen-bond acceptors (Lipinski definition) is 4. The van der Waals surface area contributed by atoms with Crippen molar-refractivity contribution in [1.29, 1.82) is 0 Å². The van der Waals surface area contributed by atoms with E-state index in [-0.39, 0.29) is 23.1 Å². The van der Waals surface area contributed by atoms with E-state index in [0.29, 0.717) is 0 Å². The predicted octanol–water partition coefficient (Wildman–Crippen LogP) is 2.57. The Morgan fingerprint density at radius 1 is 1.44 bits per heavy atom. The van der Waals surface area contributed by atoms with Crippen LogP contribution in [0.5, 0.6) is 0 Å². The second-order valence-corrected chi connectivity index (χ2v) is 4.07. The van der Waals surface area contributed by atoms with Crippen LogP contribution in [-0.2, 0) is 0 Å². The van der Waals surface area contributed by atoms with E-state index in [9.17, 15) is 14.5 Å². The molecule has 0 unspecified atom stereocenters. The Labute approximate surface area is 102 Å². The minimum absolute atomic E-state index is 0.0258. The zero-order valence-corrected chi connectivity index (χ0v) is 9.87. The van der Waals surface area contributed by atoms with Gasteiger partial charge in [0.1, 0.15) is 12.1 Å². The number of nitrogens with zero attached hydrogens (tertiary/aromatic N) is 4. The first-order valence-corrected chi connectivity index (χ1v) is 5.34.